The maximum atomic E-state index is 13.4. The summed E-state index contributed by atoms with van der Waals surface area (Å²) in [5, 5.41) is 2.85. The molecule has 3 amide bonds. The minimum absolute atomic E-state index is 0.0828. The third kappa shape index (κ3) is 4.10. The average Bonchev–Trinajstić information content (AvgIpc) is 3.01. The lowest BCUT2D eigenvalue weighted by atomic mass is 10.0. The van der Waals surface area contributed by atoms with E-state index in [1.165, 1.54) is 17.0 Å². The van der Waals surface area contributed by atoms with Crippen LogP contribution in [-0.2, 0) is 9.53 Å². The number of fused-ring (bicyclic) bond motifs is 1. The molecule has 8 heteroatoms. The Balaban J connectivity index is 1.42. The van der Waals surface area contributed by atoms with Crippen molar-refractivity contribution in [1.82, 2.24) is 10.2 Å². The van der Waals surface area contributed by atoms with Gasteiger partial charge in [-0.2, -0.15) is 0 Å². The molecule has 1 fully saturated rings. The van der Waals surface area contributed by atoms with Crippen LogP contribution in [0.25, 0.3) is 0 Å². The van der Waals surface area contributed by atoms with E-state index >= 15 is 0 Å². The van der Waals surface area contributed by atoms with Crippen molar-refractivity contribution in [2.75, 3.05) is 39.4 Å². The molecule has 0 radical (unpaired) electrons. The Labute approximate surface area is 173 Å². The molecular formula is C22H23FN3O4+. The van der Waals surface area contributed by atoms with Gasteiger partial charge in [-0.3, -0.25) is 19.3 Å². The number of carbonyl (C=O) groups is 3. The minimum atomic E-state index is -0.459. The van der Waals surface area contributed by atoms with Gasteiger partial charge in [0, 0.05) is 5.56 Å². The van der Waals surface area contributed by atoms with E-state index in [0.29, 0.717) is 30.9 Å². The van der Waals surface area contributed by atoms with Crippen LogP contribution in [0.2, 0.25) is 0 Å². The Bertz CT molecular complexity index is 922. The van der Waals surface area contributed by atoms with E-state index in [0.717, 1.165) is 23.6 Å². The Hall–Kier alpha value is -3.10. The minimum Gasteiger partial charge on any atom is -0.370 e. The van der Waals surface area contributed by atoms with Crippen LogP contribution in [-0.4, -0.2) is 62.0 Å². The average molecular weight is 412 g/mol. The largest absolute Gasteiger partial charge is 0.370 e. The lowest BCUT2D eigenvalue weighted by Gasteiger charge is -2.32. The number of morpholine rings is 1. The van der Waals surface area contributed by atoms with Crippen LogP contribution < -0.4 is 10.2 Å². The highest BCUT2D eigenvalue weighted by atomic mass is 19.1. The first-order chi connectivity index (χ1) is 14.5. The van der Waals surface area contributed by atoms with Gasteiger partial charge in [0.25, 0.3) is 11.8 Å². The molecule has 0 saturated carbocycles. The van der Waals surface area contributed by atoms with Crippen molar-refractivity contribution in [2.24, 2.45) is 0 Å². The lowest BCUT2D eigenvalue weighted by molar-refractivity contribution is -0.937. The number of rotatable bonds is 6. The lowest BCUT2D eigenvalue weighted by Crippen LogP contribution is -3.15. The molecule has 0 bridgehead atoms. The van der Waals surface area contributed by atoms with Gasteiger partial charge in [-0.15, -0.1) is 0 Å². The number of ether oxygens (including phenoxy) is 1. The standard InChI is InChI=1S/C22H22FN3O4/c23-16-7-5-15(6-8-16)19(25-9-11-30-12-10-25)13-24-20(27)14-26-21(28)17-3-1-2-4-18(17)22(26)29/h1-8,19H,9-14H2,(H,24,27)/p+1/t19-/m0/s1. The summed E-state index contributed by atoms with van der Waals surface area (Å²) in [6.07, 6.45) is 0. The van der Waals surface area contributed by atoms with Crippen LogP contribution in [0.15, 0.2) is 48.5 Å². The number of imide groups is 1. The predicted molar refractivity (Wildman–Crippen MR) is 105 cm³/mol. The number of benzene rings is 2. The van der Waals surface area contributed by atoms with Crippen molar-refractivity contribution < 1.29 is 28.4 Å². The van der Waals surface area contributed by atoms with Crippen LogP contribution in [0.3, 0.4) is 0 Å². The number of hydrogen-bond acceptors (Lipinski definition) is 4. The molecule has 0 aromatic heterocycles. The van der Waals surface area contributed by atoms with E-state index in [1.807, 2.05) is 0 Å². The fourth-order valence-corrected chi connectivity index (χ4v) is 3.97. The van der Waals surface area contributed by atoms with Crippen molar-refractivity contribution >= 4 is 17.7 Å². The molecular weight excluding hydrogens is 389 g/mol. The second-order valence-electron chi connectivity index (χ2n) is 7.42. The van der Waals surface area contributed by atoms with Crippen LogP contribution >= 0.6 is 0 Å². The number of nitrogens with one attached hydrogen (secondary N) is 2. The molecule has 4 rings (SSSR count). The summed E-state index contributed by atoms with van der Waals surface area (Å²) in [6, 6.07) is 12.7. The van der Waals surface area contributed by atoms with Crippen LogP contribution in [0, 0.1) is 5.82 Å². The molecule has 0 unspecified atom stereocenters. The molecule has 30 heavy (non-hydrogen) atoms. The first kappa shape index (κ1) is 20.2. The molecule has 0 aliphatic carbocycles. The third-order valence-electron chi connectivity index (χ3n) is 5.58. The zero-order valence-electron chi connectivity index (χ0n) is 16.4. The summed E-state index contributed by atoms with van der Waals surface area (Å²) in [4.78, 5) is 39.7. The SMILES string of the molecule is O=C(CN1C(=O)c2ccccc2C1=O)NC[C@@H](c1ccc(F)cc1)[NH+]1CCOCC1. The van der Waals surface area contributed by atoms with Gasteiger partial charge in [0.15, 0.2) is 0 Å². The monoisotopic (exact) mass is 412 g/mol. The summed E-state index contributed by atoms with van der Waals surface area (Å²) in [5.41, 5.74) is 1.55. The molecule has 7 nitrogen and oxygen atoms in total. The molecule has 2 aromatic rings. The summed E-state index contributed by atoms with van der Waals surface area (Å²) in [7, 11) is 0. The molecule has 156 valence electrons. The van der Waals surface area contributed by atoms with Gasteiger partial charge in [-0.25, -0.2) is 4.39 Å². The smallest absolute Gasteiger partial charge is 0.262 e. The van der Waals surface area contributed by atoms with E-state index in [2.05, 4.69) is 5.32 Å². The van der Waals surface area contributed by atoms with E-state index in [9.17, 15) is 18.8 Å². The first-order valence-corrected chi connectivity index (χ1v) is 9.94. The molecule has 2 aliphatic heterocycles. The fourth-order valence-electron chi connectivity index (χ4n) is 3.97. The number of quaternary nitrogens is 1. The Morgan fingerprint density at radius 1 is 1.03 bits per heavy atom. The molecule has 1 saturated heterocycles. The summed E-state index contributed by atoms with van der Waals surface area (Å²) >= 11 is 0. The molecule has 2 aromatic carbocycles. The molecule has 1 atom stereocenters. The van der Waals surface area contributed by atoms with E-state index in [4.69, 9.17) is 4.74 Å². The second-order valence-corrected chi connectivity index (χ2v) is 7.42. The van der Waals surface area contributed by atoms with E-state index in [-0.39, 0.29) is 18.4 Å². The maximum absolute atomic E-state index is 13.4. The van der Waals surface area contributed by atoms with Crippen molar-refractivity contribution in [3.8, 4) is 0 Å². The number of halogens is 1. The van der Waals surface area contributed by atoms with Gasteiger partial charge in [-0.05, 0) is 24.3 Å². The Morgan fingerprint density at radius 3 is 2.23 bits per heavy atom. The summed E-state index contributed by atoms with van der Waals surface area (Å²) in [6.45, 7) is 2.77. The summed E-state index contributed by atoms with van der Waals surface area (Å²) in [5.74, 6) is -1.65. The van der Waals surface area contributed by atoms with Crippen molar-refractivity contribution in [1.29, 1.82) is 0 Å². The first-order valence-electron chi connectivity index (χ1n) is 9.94. The number of carbonyl (C=O) groups excluding carboxylic acids is 3. The quantitative estimate of drug-likeness (QED) is 0.664. The zero-order valence-corrected chi connectivity index (χ0v) is 16.4. The van der Waals surface area contributed by atoms with Crippen LogP contribution in [0.5, 0.6) is 0 Å². The van der Waals surface area contributed by atoms with Gasteiger partial charge in [0.2, 0.25) is 5.91 Å². The number of hydrogen-bond donors (Lipinski definition) is 2. The highest BCUT2D eigenvalue weighted by molar-refractivity contribution is 6.22. The van der Waals surface area contributed by atoms with Crippen LogP contribution in [0.4, 0.5) is 4.39 Å². The highest BCUT2D eigenvalue weighted by Crippen LogP contribution is 2.22. The van der Waals surface area contributed by atoms with Gasteiger partial charge >= 0.3 is 0 Å². The van der Waals surface area contributed by atoms with Gasteiger partial charge in [0.1, 0.15) is 31.5 Å². The molecule has 2 heterocycles. The fraction of sp³-hybridized carbons (Fsp3) is 0.318. The third-order valence-corrected chi connectivity index (χ3v) is 5.58. The van der Waals surface area contributed by atoms with Crippen molar-refractivity contribution in [3.05, 3.63) is 71.0 Å². The number of amides is 3. The molecule has 2 aliphatic rings. The predicted octanol–water partition coefficient (Wildman–Crippen LogP) is 0.194. The molecule has 2 N–H and O–H groups in total. The highest BCUT2D eigenvalue weighted by Gasteiger charge is 2.36. The van der Waals surface area contributed by atoms with Crippen LogP contribution in [0.1, 0.15) is 32.3 Å². The molecule has 0 spiro atoms. The second kappa shape index (κ2) is 8.73. The Kier molecular flexibility index (Phi) is 5.87. The van der Waals surface area contributed by atoms with Crippen molar-refractivity contribution in [3.63, 3.8) is 0 Å². The topological polar surface area (TPSA) is 80.2 Å². The zero-order chi connectivity index (χ0) is 21.1. The van der Waals surface area contributed by atoms with Crippen molar-refractivity contribution in [2.45, 2.75) is 6.04 Å². The van der Waals surface area contributed by atoms with E-state index in [1.54, 1.807) is 36.4 Å². The maximum Gasteiger partial charge on any atom is 0.262 e. The normalized spacial score (nSPS) is 17.7. The van der Waals surface area contributed by atoms with Gasteiger partial charge in [0.05, 0.1) is 30.9 Å². The van der Waals surface area contributed by atoms with Gasteiger partial charge < -0.3 is 15.0 Å². The number of nitrogens with zero attached hydrogens (tertiary/aromatic N) is 1. The van der Waals surface area contributed by atoms with Gasteiger partial charge in [-0.1, -0.05) is 24.3 Å². The summed E-state index contributed by atoms with van der Waals surface area (Å²) < 4.78 is 18.8. The Morgan fingerprint density at radius 2 is 1.63 bits per heavy atom. The van der Waals surface area contributed by atoms with E-state index < -0.39 is 17.7 Å².